The van der Waals surface area contributed by atoms with Gasteiger partial charge in [-0.25, -0.2) is 0 Å². The summed E-state index contributed by atoms with van der Waals surface area (Å²) < 4.78 is 0. The summed E-state index contributed by atoms with van der Waals surface area (Å²) in [4.78, 5) is 45.6. The molecule has 0 saturated carbocycles. The van der Waals surface area contributed by atoms with Crippen molar-refractivity contribution >= 4 is 23.2 Å². The van der Waals surface area contributed by atoms with Crippen molar-refractivity contribution in [1.82, 2.24) is 9.80 Å². The molecule has 0 aromatic heterocycles. The Labute approximate surface area is 256 Å². The number of allylic oxidation sites excluding steroid dienone is 1. The molecule has 3 aliphatic carbocycles. The topological polar surface area (TPSA) is 168 Å². The first kappa shape index (κ1) is 31.2. The number of hydrogen-bond donors (Lipinski definition) is 5. The van der Waals surface area contributed by atoms with Crippen molar-refractivity contribution in [3.05, 3.63) is 81.3 Å². The highest BCUT2D eigenvalue weighted by molar-refractivity contribution is 6.25. The fraction of sp³-hybridized carbons (Fsp3) is 0.424. The van der Waals surface area contributed by atoms with Crippen LogP contribution in [0.3, 0.4) is 0 Å². The molecular formula is C33H40N4O7. The molecule has 2 aromatic carbocycles. The number of aliphatic hydroxyl groups excluding tert-OH is 2. The number of hydrogen-bond acceptors (Lipinski definition) is 10. The minimum absolute atomic E-state index is 0.0164. The number of Topliss-reactive ketones (excluding diaryl/α,β-unsaturated/α-hetero) is 2. The Balaban J connectivity index is 1.64. The van der Waals surface area contributed by atoms with Crippen LogP contribution in [0.1, 0.15) is 40.4 Å². The molecule has 11 nitrogen and oxygen atoms in total. The van der Waals surface area contributed by atoms with E-state index in [0.29, 0.717) is 30.8 Å². The van der Waals surface area contributed by atoms with Crippen LogP contribution in [0.25, 0.3) is 0 Å². The van der Waals surface area contributed by atoms with E-state index in [-0.39, 0.29) is 29.7 Å². The highest BCUT2D eigenvalue weighted by Crippen LogP contribution is 2.53. The number of nitrogens with zero attached hydrogens (tertiary/aromatic N) is 3. The Morgan fingerprint density at radius 2 is 1.70 bits per heavy atom. The average Bonchev–Trinajstić information content (AvgIpc) is 2.95. The minimum atomic E-state index is -2.67. The number of fused-ring (bicyclic) bond motifs is 3. The molecule has 44 heavy (non-hydrogen) atoms. The maximum Gasteiger partial charge on any atom is 0.255 e. The zero-order valence-corrected chi connectivity index (χ0v) is 25.7. The standard InChI is InChI=1S/C33H40N4O7/c1-6-37(15-17-10-8-7-9-11-17)16-19-14-22(35(2)3)20-12-18-13-21-26(36(4)5)29(40)25(32(34)43)31(42)33(21,44)30(41)23(18)28(39)24(20)27(19)38/h7-11,14,18,21,26,38,40-41,44H,6,12-13,15-16H2,1-5H3,(H2,34,43)/t18-,21-,26-,33-/m0/s1. The fourth-order valence-electron chi connectivity index (χ4n) is 7.23. The van der Waals surface area contributed by atoms with Gasteiger partial charge in [0.2, 0.25) is 5.78 Å². The third-order valence-electron chi connectivity index (χ3n) is 9.35. The van der Waals surface area contributed by atoms with E-state index in [9.17, 15) is 34.8 Å². The quantitative estimate of drug-likeness (QED) is 0.282. The van der Waals surface area contributed by atoms with E-state index < -0.39 is 58.0 Å². The molecule has 0 heterocycles. The second kappa shape index (κ2) is 11.4. The largest absolute Gasteiger partial charge is 0.510 e. The van der Waals surface area contributed by atoms with Crippen molar-refractivity contribution in [2.75, 3.05) is 39.6 Å². The van der Waals surface area contributed by atoms with Gasteiger partial charge in [0.15, 0.2) is 11.4 Å². The molecule has 0 bridgehead atoms. The molecule has 3 aliphatic rings. The molecule has 0 radical (unpaired) electrons. The zero-order chi connectivity index (χ0) is 32.2. The highest BCUT2D eigenvalue weighted by atomic mass is 16.3. The van der Waals surface area contributed by atoms with Gasteiger partial charge >= 0.3 is 0 Å². The summed E-state index contributed by atoms with van der Waals surface area (Å²) >= 11 is 0. The van der Waals surface area contributed by atoms with Crippen molar-refractivity contribution < 1.29 is 34.8 Å². The van der Waals surface area contributed by atoms with Gasteiger partial charge < -0.3 is 31.1 Å². The predicted octanol–water partition coefficient (Wildman–Crippen LogP) is 2.21. The summed E-state index contributed by atoms with van der Waals surface area (Å²) in [5.41, 5.74) is 4.74. The molecule has 0 spiro atoms. The average molecular weight is 605 g/mol. The van der Waals surface area contributed by atoms with E-state index in [2.05, 4.69) is 4.90 Å². The van der Waals surface area contributed by atoms with Gasteiger partial charge in [-0.15, -0.1) is 0 Å². The summed E-state index contributed by atoms with van der Waals surface area (Å²) in [5.74, 6) is -6.56. The number of benzene rings is 2. The molecular weight excluding hydrogens is 564 g/mol. The summed E-state index contributed by atoms with van der Waals surface area (Å²) in [6.07, 6.45) is 0.277. The first-order valence-electron chi connectivity index (χ1n) is 14.7. The van der Waals surface area contributed by atoms with Crippen LogP contribution < -0.4 is 10.6 Å². The van der Waals surface area contributed by atoms with Crippen molar-refractivity contribution in [3.8, 4) is 5.75 Å². The second-order valence-corrected chi connectivity index (χ2v) is 12.4. The summed E-state index contributed by atoms with van der Waals surface area (Å²) in [6.45, 7) is 3.65. The van der Waals surface area contributed by atoms with Gasteiger partial charge in [0, 0.05) is 49.9 Å². The SMILES string of the molecule is CCN(Cc1ccccc1)Cc1cc(N(C)C)c2c(c1O)C(=O)C1=C(O)[C@]3(O)C(=O)C(C(N)=O)=C(O)[C@@H](N(C)C)[C@@H]3C[C@@H]1C2. The van der Waals surface area contributed by atoms with Gasteiger partial charge in [-0.1, -0.05) is 37.3 Å². The number of amides is 1. The first-order valence-corrected chi connectivity index (χ1v) is 14.7. The number of likely N-dealkylation sites (N-methyl/N-ethyl adjacent to an activating group) is 1. The molecule has 1 amide bonds. The summed E-state index contributed by atoms with van der Waals surface area (Å²) in [6, 6.07) is 10.8. The molecule has 0 aliphatic heterocycles. The number of anilines is 1. The molecule has 11 heteroatoms. The number of nitrogens with two attached hydrogens (primary N) is 1. The Bertz CT molecular complexity index is 1600. The summed E-state index contributed by atoms with van der Waals surface area (Å²) in [7, 11) is 6.91. The Morgan fingerprint density at radius 3 is 2.27 bits per heavy atom. The number of rotatable bonds is 8. The maximum atomic E-state index is 14.3. The van der Waals surface area contributed by atoms with Gasteiger partial charge in [-0.3, -0.25) is 24.2 Å². The molecule has 4 atom stereocenters. The molecule has 2 aromatic rings. The van der Waals surface area contributed by atoms with Gasteiger partial charge in [0.05, 0.1) is 11.6 Å². The Hall–Kier alpha value is -4.19. The third kappa shape index (κ3) is 4.75. The van der Waals surface area contributed by atoms with Crippen LogP contribution in [-0.4, -0.2) is 94.1 Å². The van der Waals surface area contributed by atoms with Gasteiger partial charge in [-0.05, 0) is 56.6 Å². The van der Waals surface area contributed by atoms with E-state index in [1.807, 2.05) is 62.3 Å². The van der Waals surface area contributed by atoms with Crippen LogP contribution in [0.5, 0.6) is 5.75 Å². The Morgan fingerprint density at radius 1 is 1.05 bits per heavy atom. The van der Waals surface area contributed by atoms with Crippen molar-refractivity contribution in [3.63, 3.8) is 0 Å². The fourth-order valence-corrected chi connectivity index (χ4v) is 7.23. The lowest BCUT2D eigenvalue weighted by atomic mass is 9.58. The third-order valence-corrected chi connectivity index (χ3v) is 9.35. The van der Waals surface area contributed by atoms with Crippen LogP contribution in [0.2, 0.25) is 0 Å². The molecule has 6 N–H and O–H groups in total. The number of aromatic hydroxyl groups is 1. The van der Waals surface area contributed by atoms with Gasteiger partial charge in [-0.2, -0.15) is 0 Å². The number of carbonyl (C=O) groups is 3. The van der Waals surface area contributed by atoms with E-state index in [1.54, 1.807) is 14.1 Å². The van der Waals surface area contributed by atoms with Crippen molar-refractivity contribution in [2.45, 2.75) is 44.5 Å². The Kier molecular flexibility index (Phi) is 8.08. The lowest BCUT2D eigenvalue weighted by Crippen LogP contribution is -2.63. The molecule has 234 valence electrons. The molecule has 0 saturated heterocycles. The number of primary amides is 1. The number of phenolic OH excluding ortho intramolecular Hbond substituents is 1. The molecule has 5 rings (SSSR count). The van der Waals surface area contributed by atoms with Crippen LogP contribution in [0, 0.1) is 11.8 Å². The van der Waals surface area contributed by atoms with Crippen molar-refractivity contribution in [1.29, 1.82) is 0 Å². The van der Waals surface area contributed by atoms with E-state index in [0.717, 1.165) is 11.3 Å². The van der Waals surface area contributed by atoms with Crippen LogP contribution in [0.4, 0.5) is 5.69 Å². The van der Waals surface area contributed by atoms with E-state index in [4.69, 9.17) is 5.73 Å². The number of phenols is 1. The zero-order valence-electron chi connectivity index (χ0n) is 25.7. The minimum Gasteiger partial charge on any atom is -0.510 e. The van der Waals surface area contributed by atoms with Crippen LogP contribution in [-0.2, 0) is 29.1 Å². The first-order chi connectivity index (χ1) is 20.7. The van der Waals surface area contributed by atoms with Gasteiger partial charge in [0.25, 0.3) is 5.91 Å². The maximum absolute atomic E-state index is 14.3. The van der Waals surface area contributed by atoms with Gasteiger partial charge in [0.1, 0.15) is 22.8 Å². The smallest absolute Gasteiger partial charge is 0.255 e. The highest BCUT2D eigenvalue weighted by Gasteiger charge is 2.63. The number of ketones is 2. The monoisotopic (exact) mass is 604 g/mol. The normalized spacial score (nSPS) is 24.9. The predicted molar refractivity (Wildman–Crippen MR) is 164 cm³/mol. The second-order valence-electron chi connectivity index (χ2n) is 12.4. The number of carbonyl (C=O) groups excluding carboxylic acids is 3. The van der Waals surface area contributed by atoms with Crippen LogP contribution in [0.15, 0.2) is 59.1 Å². The van der Waals surface area contributed by atoms with E-state index in [1.165, 1.54) is 4.90 Å². The lowest BCUT2D eigenvalue weighted by Gasteiger charge is -2.50. The molecule has 0 unspecified atom stereocenters. The summed E-state index contributed by atoms with van der Waals surface area (Å²) in [5, 5.41) is 46.0. The van der Waals surface area contributed by atoms with Crippen molar-refractivity contribution in [2.24, 2.45) is 17.6 Å². The van der Waals surface area contributed by atoms with E-state index >= 15 is 0 Å². The lowest BCUT2D eigenvalue weighted by molar-refractivity contribution is -0.148. The molecule has 0 fully saturated rings. The number of aliphatic hydroxyl groups is 3. The van der Waals surface area contributed by atoms with Crippen LogP contribution >= 0.6 is 0 Å².